The summed E-state index contributed by atoms with van der Waals surface area (Å²) < 4.78 is 22.1. The lowest BCUT2D eigenvalue weighted by atomic mass is 9.95. The summed E-state index contributed by atoms with van der Waals surface area (Å²) in [6.45, 7) is 12.1. The molecule has 3 heterocycles. The fraction of sp³-hybridized carbons (Fsp3) is 0.654. The molecule has 0 radical (unpaired) electrons. The molecule has 0 saturated carbocycles. The van der Waals surface area contributed by atoms with Crippen LogP contribution in [0.3, 0.4) is 0 Å². The molecule has 2 saturated heterocycles. The second-order valence-corrected chi connectivity index (χ2v) is 9.62. The summed E-state index contributed by atoms with van der Waals surface area (Å²) in [7, 11) is 0. The van der Waals surface area contributed by atoms with E-state index in [2.05, 4.69) is 39.6 Å². The number of piperidine rings is 1. The van der Waals surface area contributed by atoms with Crippen molar-refractivity contribution in [3.63, 3.8) is 0 Å². The van der Waals surface area contributed by atoms with Crippen LogP contribution in [0.4, 0.5) is 4.39 Å². The first-order chi connectivity index (χ1) is 15.6. The Kier molecular flexibility index (Phi) is 8.33. The van der Waals surface area contributed by atoms with Gasteiger partial charge in [-0.15, -0.1) is 0 Å². The van der Waals surface area contributed by atoms with Crippen LogP contribution in [0.25, 0.3) is 0 Å². The topological polar surface area (TPSA) is 33.5 Å². The number of hydrogen-bond donors (Lipinski definition) is 0. The molecular weight excluding hydrogens is 403 g/mol. The van der Waals surface area contributed by atoms with Crippen molar-refractivity contribution in [3.8, 4) is 0 Å². The third-order valence-electron chi connectivity index (χ3n) is 7.10. The zero-order valence-electron chi connectivity index (χ0n) is 19.8. The summed E-state index contributed by atoms with van der Waals surface area (Å²) in [5, 5.41) is 4.62. The lowest BCUT2D eigenvalue weighted by molar-refractivity contribution is 0.0568. The Hall–Kier alpha value is -1.76. The molecule has 1 aromatic carbocycles. The molecule has 1 unspecified atom stereocenters. The first-order valence-electron chi connectivity index (χ1n) is 12.4. The summed E-state index contributed by atoms with van der Waals surface area (Å²) in [6, 6.07) is 7.17. The Balaban J connectivity index is 1.33. The van der Waals surface area contributed by atoms with Crippen molar-refractivity contribution in [1.29, 1.82) is 0 Å². The molecule has 0 amide bonds. The standard InChI is InChI=1S/C26H39FN4O/c1-3-12-31-21(2)24(16-28-31)19-30(20-25-8-6-15-32-25)17-22-10-13-29(14-11-22)18-23-7-4-5-9-26(23)27/h4-5,7,9,16,22,25H,3,6,8,10-15,17-20H2,1-2H3. The molecule has 0 bridgehead atoms. The second kappa shape index (κ2) is 11.4. The van der Waals surface area contributed by atoms with E-state index in [1.165, 1.54) is 36.9 Å². The first-order valence-corrected chi connectivity index (χ1v) is 12.4. The third kappa shape index (κ3) is 6.18. The Morgan fingerprint density at radius 3 is 2.66 bits per heavy atom. The molecular formula is C26H39FN4O. The van der Waals surface area contributed by atoms with Gasteiger partial charge in [-0.2, -0.15) is 5.10 Å². The van der Waals surface area contributed by atoms with Gasteiger partial charge in [-0.25, -0.2) is 4.39 Å². The Bertz CT molecular complexity index is 840. The third-order valence-corrected chi connectivity index (χ3v) is 7.10. The number of nitrogens with zero attached hydrogens (tertiary/aromatic N) is 4. The molecule has 1 aromatic heterocycles. The van der Waals surface area contributed by atoms with E-state index >= 15 is 0 Å². The van der Waals surface area contributed by atoms with Crippen LogP contribution in [0.5, 0.6) is 0 Å². The Labute approximate surface area is 192 Å². The summed E-state index contributed by atoms with van der Waals surface area (Å²) >= 11 is 0. The van der Waals surface area contributed by atoms with Crippen LogP contribution in [0.2, 0.25) is 0 Å². The maximum atomic E-state index is 14.0. The Morgan fingerprint density at radius 1 is 1.12 bits per heavy atom. The highest BCUT2D eigenvalue weighted by Gasteiger charge is 2.26. The van der Waals surface area contributed by atoms with Crippen LogP contribution >= 0.6 is 0 Å². The number of aromatic nitrogens is 2. The van der Waals surface area contributed by atoms with Gasteiger partial charge in [-0.3, -0.25) is 14.5 Å². The van der Waals surface area contributed by atoms with Crippen LogP contribution in [-0.4, -0.2) is 58.5 Å². The van der Waals surface area contributed by atoms with Gasteiger partial charge < -0.3 is 4.74 Å². The van der Waals surface area contributed by atoms with Gasteiger partial charge in [0, 0.05) is 56.2 Å². The molecule has 0 spiro atoms. The number of benzene rings is 1. The molecule has 5 nitrogen and oxygen atoms in total. The summed E-state index contributed by atoms with van der Waals surface area (Å²) in [5.41, 5.74) is 3.45. The van der Waals surface area contributed by atoms with Gasteiger partial charge in [0.1, 0.15) is 5.82 Å². The smallest absolute Gasteiger partial charge is 0.127 e. The van der Waals surface area contributed by atoms with E-state index in [1.807, 2.05) is 12.1 Å². The Morgan fingerprint density at radius 2 is 1.94 bits per heavy atom. The summed E-state index contributed by atoms with van der Waals surface area (Å²) in [6.07, 6.45) is 8.22. The second-order valence-electron chi connectivity index (χ2n) is 9.62. The first kappa shape index (κ1) is 23.4. The highest BCUT2D eigenvalue weighted by Crippen LogP contribution is 2.24. The quantitative estimate of drug-likeness (QED) is 0.537. The zero-order valence-corrected chi connectivity index (χ0v) is 19.8. The van der Waals surface area contributed by atoms with E-state index < -0.39 is 0 Å². The van der Waals surface area contributed by atoms with E-state index in [9.17, 15) is 4.39 Å². The minimum absolute atomic E-state index is 0.0867. The molecule has 32 heavy (non-hydrogen) atoms. The van der Waals surface area contributed by atoms with Crippen molar-refractivity contribution < 1.29 is 9.13 Å². The van der Waals surface area contributed by atoms with E-state index in [0.717, 1.165) is 64.4 Å². The van der Waals surface area contributed by atoms with Crippen molar-refractivity contribution in [1.82, 2.24) is 19.6 Å². The molecule has 2 aliphatic rings. The van der Waals surface area contributed by atoms with Gasteiger partial charge in [-0.05, 0) is 64.1 Å². The number of hydrogen-bond acceptors (Lipinski definition) is 4. The fourth-order valence-electron chi connectivity index (χ4n) is 5.16. The van der Waals surface area contributed by atoms with Gasteiger partial charge >= 0.3 is 0 Å². The largest absolute Gasteiger partial charge is 0.377 e. The van der Waals surface area contributed by atoms with Crippen molar-refractivity contribution in [2.75, 3.05) is 32.8 Å². The fourth-order valence-corrected chi connectivity index (χ4v) is 5.16. The molecule has 4 rings (SSSR count). The summed E-state index contributed by atoms with van der Waals surface area (Å²) in [5.74, 6) is 0.593. The maximum absolute atomic E-state index is 14.0. The van der Waals surface area contributed by atoms with Gasteiger partial charge in [0.05, 0.1) is 12.3 Å². The van der Waals surface area contributed by atoms with Crippen molar-refractivity contribution >= 4 is 0 Å². The lowest BCUT2D eigenvalue weighted by Crippen LogP contribution is -2.40. The molecule has 2 fully saturated rings. The van der Waals surface area contributed by atoms with E-state index in [-0.39, 0.29) is 5.82 Å². The molecule has 0 aliphatic carbocycles. The zero-order chi connectivity index (χ0) is 22.3. The van der Waals surface area contributed by atoms with Crippen LogP contribution in [0.1, 0.15) is 55.8 Å². The number of aryl methyl sites for hydroxylation is 1. The highest BCUT2D eigenvalue weighted by molar-refractivity contribution is 5.17. The van der Waals surface area contributed by atoms with Gasteiger partial charge in [0.25, 0.3) is 0 Å². The predicted octanol–water partition coefficient (Wildman–Crippen LogP) is 4.63. The number of ether oxygens (including phenoxy) is 1. The van der Waals surface area contributed by atoms with Crippen LogP contribution < -0.4 is 0 Å². The predicted molar refractivity (Wildman–Crippen MR) is 126 cm³/mol. The normalized spacial score (nSPS) is 20.4. The van der Waals surface area contributed by atoms with E-state index in [1.54, 1.807) is 12.1 Å². The number of likely N-dealkylation sites (tertiary alicyclic amines) is 1. The van der Waals surface area contributed by atoms with Crippen LogP contribution in [-0.2, 0) is 24.4 Å². The van der Waals surface area contributed by atoms with Crippen LogP contribution in [0, 0.1) is 18.7 Å². The monoisotopic (exact) mass is 442 g/mol. The van der Waals surface area contributed by atoms with Gasteiger partial charge in [0.2, 0.25) is 0 Å². The average Bonchev–Trinajstić information content (AvgIpc) is 3.42. The highest BCUT2D eigenvalue weighted by atomic mass is 19.1. The molecule has 0 N–H and O–H groups in total. The number of halogens is 1. The molecule has 176 valence electrons. The molecule has 2 aromatic rings. The summed E-state index contributed by atoms with van der Waals surface area (Å²) in [4.78, 5) is 5.01. The minimum atomic E-state index is -0.0867. The molecule has 2 aliphatic heterocycles. The number of rotatable bonds is 10. The van der Waals surface area contributed by atoms with Gasteiger partial charge in [0.15, 0.2) is 0 Å². The van der Waals surface area contributed by atoms with Crippen LogP contribution in [0.15, 0.2) is 30.5 Å². The van der Waals surface area contributed by atoms with E-state index in [0.29, 0.717) is 12.0 Å². The SMILES string of the molecule is CCCn1ncc(CN(CC2CCN(Cc3ccccc3F)CC2)CC2CCCO2)c1C. The van der Waals surface area contributed by atoms with Gasteiger partial charge in [-0.1, -0.05) is 25.1 Å². The average molecular weight is 443 g/mol. The van der Waals surface area contributed by atoms with Crippen molar-refractivity contribution in [2.45, 2.75) is 71.7 Å². The lowest BCUT2D eigenvalue weighted by Gasteiger charge is -2.35. The maximum Gasteiger partial charge on any atom is 0.127 e. The minimum Gasteiger partial charge on any atom is -0.377 e. The van der Waals surface area contributed by atoms with Crippen molar-refractivity contribution in [2.24, 2.45) is 5.92 Å². The van der Waals surface area contributed by atoms with E-state index in [4.69, 9.17) is 4.74 Å². The molecule has 1 atom stereocenters. The van der Waals surface area contributed by atoms with Crippen molar-refractivity contribution in [3.05, 3.63) is 53.1 Å². The molecule has 6 heteroatoms.